The second-order valence-electron chi connectivity index (χ2n) is 8.32. The van der Waals surface area contributed by atoms with Crippen LogP contribution in [0.15, 0.2) is 33.7 Å². The highest BCUT2D eigenvalue weighted by molar-refractivity contribution is 7.89. The van der Waals surface area contributed by atoms with Crippen molar-refractivity contribution in [2.45, 2.75) is 31.6 Å². The highest BCUT2D eigenvalue weighted by Gasteiger charge is 2.37. The van der Waals surface area contributed by atoms with Crippen molar-refractivity contribution in [3.05, 3.63) is 46.8 Å². The van der Waals surface area contributed by atoms with E-state index in [9.17, 15) is 13.2 Å². The van der Waals surface area contributed by atoms with Gasteiger partial charge in [-0.05, 0) is 38.3 Å². The summed E-state index contributed by atoms with van der Waals surface area (Å²) in [5.41, 5.74) is 2.42. The Labute approximate surface area is 188 Å². The molecule has 0 bridgehead atoms. The van der Waals surface area contributed by atoms with Crippen molar-refractivity contribution in [1.29, 1.82) is 0 Å². The highest BCUT2D eigenvalue weighted by atomic mass is 32.2. The predicted molar refractivity (Wildman–Crippen MR) is 120 cm³/mol. The van der Waals surface area contributed by atoms with E-state index in [2.05, 4.69) is 5.16 Å². The molecule has 2 aliphatic heterocycles. The van der Waals surface area contributed by atoms with Gasteiger partial charge in [0.15, 0.2) is 10.7 Å². The monoisotopic (exact) mass is 459 g/mol. The van der Waals surface area contributed by atoms with Gasteiger partial charge in [-0.3, -0.25) is 4.79 Å². The molecule has 0 atom stereocenters. The molecule has 0 spiro atoms. The molecule has 0 aliphatic carbocycles. The van der Waals surface area contributed by atoms with E-state index in [-0.39, 0.29) is 22.5 Å². The van der Waals surface area contributed by atoms with Gasteiger partial charge >= 0.3 is 0 Å². The summed E-state index contributed by atoms with van der Waals surface area (Å²) in [6, 6.07) is 7.90. The van der Waals surface area contributed by atoms with Crippen LogP contribution in [-0.4, -0.2) is 68.1 Å². The normalized spacial score (nSPS) is 19.0. The summed E-state index contributed by atoms with van der Waals surface area (Å²) in [6.07, 6.45) is 4.47. The topological polar surface area (TPSA) is 93.0 Å². The first-order valence-electron chi connectivity index (χ1n) is 10.9. The number of benzene rings is 1. The molecule has 0 saturated carbocycles. The molecular formula is C23H29N3O5S. The van der Waals surface area contributed by atoms with E-state index in [0.717, 1.165) is 11.1 Å². The number of amides is 1. The lowest BCUT2D eigenvalue weighted by atomic mass is 9.96. The Hall–Kier alpha value is -2.49. The number of aryl methyl sites for hydroxylation is 2. The van der Waals surface area contributed by atoms with Gasteiger partial charge in [0, 0.05) is 32.1 Å². The zero-order valence-electron chi connectivity index (χ0n) is 18.5. The number of hydrogen-bond acceptors (Lipinski definition) is 6. The van der Waals surface area contributed by atoms with Gasteiger partial charge in [-0.2, -0.15) is 4.31 Å². The number of aromatic nitrogens is 1. The SMILES string of the molecule is Cc1ccc(C=Cc2onc(C)c2S(=O)(=O)N2CCC(C(=O)N3CCOCC3)CC2)cc1. The Kier molecular flexibility index (Phi) is 6.78. The maximum atomic E-state index is 13.4. The van der Waals surface area contributed by atoms with Gasteiger partial charge in [0.25, 0.3) is 0 Å². The van der Waals surface area contributed by atoms with E-state index in [0.29, 0.717) is 57.9 Å². The Balaban J connectivity index is 1.46. The number of nitrogens with zero attached hydrogens (tertiary/aromatic N) is 3. The largest absolute Gasteiger partial charge is 0.378 e. The molecule has 2 aliphatic rings. The minimum atomic E-state index is -3.78. The van der Waals surface area contributed by atoms with Crippen LogP contribution in [0.25, 0.3) is 12.2 Å². The third-order valence-corrected chi connectivity index (χ3v) is 8.12. The quantitative estimate of drug-likeness (QED) is 0.683. The van der Waals surface area contributed by atoms with Crippen molar-refractivity contribution in [1.82, 2.24) is 14.4 Å². The smallest absolute Gasteiger partial charge is 0.248 e. The molecule has 1 aromatic carbocycles. The summed E-state index contributed by atoms with van der Waals surface area (Å²) in [4.78, 5) is 14.7. The molecular weight excluding hydrogens is 430 g/mol. The van der Waals surface area contributed by atoms with Gasteiger partial charge in [-0.1, -0.05) is 41.1 Å². The van der Waals surface area contributed by atoms with E-state index < -0.39 is 10.0 Å². The van der Waals surface area contributed by atoms with E-state index in [1.165, 1.54) is 4.31 Å². The number of hydrogen-bond donors (Lipinski definition) is 0. The van der Waals surface area contributed by atoms with Gasteiger partial charge in [0.2, 0.25) is 15.9 Å². The van der Waals surface area contributed by atoms with Crippen LogP contribution >= 0.6 is 0 Å². The maximum absolute atomic E-state index is 13.4. The molecule has 9 heteroatoms. The Morgan fingerprint density at radius 3 is 2.34 bits per heavy atom. The first kappa shape index (κ1) is 22.7. The third kappa shape index (κ3) is 4.79. The summed E-state index contributed by atoms with van der Waals surface area (Å²) in [7, 11) is -3.78. The number of rotatable bonds is 5. The maximum Gasteiger partial charge on any atom is 0.248 e. The first-order valence-corrected chi connectivity index (χ1v) is 12.4. The van der Waals surface area contributed by atoms with Crippen molar-refractivity contribution >= 4 is 28.1 Å². The van der Waals surface area contributed by atoms with E-state index in [1.807, 2.05) is 42.2 Å². The number of carbonyl (C=O) groups excluding carboxylic acids is 1. The lowest BCUT2D eigenvalue weighted by Gasteiger charge is -2.35. The molecule has 2 fully saturated rings. The first-order chi connectivity index (χ1) is 15.4. The van der Waals surface area contributed by atoms with Gasteiger partial charge in [0.05, 0.1) is 13.2 Å². The highest BCUT2D eigenvalue weighted by Crippen LogP contribution is 2.30. The molecule has 0 radical (unpaired) electrons. The van der Waals surface area contributed by atoms with Crippen LogP contribution in [-0.2, 0) is 19.6 Å². The van der Waals surface area contributed by atoms with Crippen LogP contribution in [0.3, 0.4) is 0 Å². The van der Waals surface area contributed by atoms with E-state index >= 15 is 0 Å². The molecule has 32 heavy (non-hydrogen) atoms. The molecule has 1 amide bonds. The predicted octanol–water partition coefficient (Wildman–Crippen LogP) is 2.72. The van der Waals surface area contributed by atoms with Gasteiger partial charge in [-0.25, -0.2) is 8.42 Å². The summed E-state index contributed by atoms with van der Waals surface area (Å²) in [5, 5.41) is 3.90. The minimum Gasteiger partial charge on any atom is -0.378 e. The third-order valence-electron chi connectivity index (χ3n) is 6.06. The summed E-state index contributed by atoms with van der Waals surface area (Å²) >= 11 is 0. The second-order valence-corrected chi connectivity index (χ2v) is 10.2. The summed E-state index contributed by atoms with van der Waals surface area (Å²) in [6.45, 7) is 6.57. The molecule has 2 saturated heterocycles. The molecule has 1 aromatic heterocycles. The number of carbonyl (C=O) groups is 1. The Bertz CT molecular complexity index is 1080. The average molecular weight is 460 g/mol. The van der Waals surface area contributed by atoms with Gasteiger partial charge < -0.3 is 14.2 Å². The van der Waals surface area contributed by atoms with Crippen molar-refractivity contribution < 1.29 is 22.5 Å². The second kappa shape index (κ2) is 9.56. The number of morpholine rings is 1. The zero-order chi connectivity index (χ0) is 22.7. The lowest BCUT2D eigenvalue weighted by Crippen LogP contribution is -2.47. The zero-order valence-corrected chi connectivity index (χ0v) is 19.3. The summed E-state index contributed by atoms with van der Waals surface area (Å²) in [5.74, 6) is 0.173. The minimum absolute atomic E-state index is 0.0961. The van der Waals surface area contributed by atoms with Gasteiger partial charge in [-0.15, -0.1) is 0 Å². The summed E-state index contributed by atoms with van der Waals surface area (Å²) < 4.78 is 38.9. The molecule has 8 nitrogen and oxygen atoms in total. The lowest BCUT2D eigenvalue weighted by molar-refractivity contribution is -0.140. The Morgan fingerprint density at radius 2 is 1.69 bits per heavy atom. The van der Waals surface area contributed by atoms with Crippen LogP contribution < -0.4 is 0 Å². The molecule has 4 rings (SSSR count). The van der Waals surface area contributed by atoms with Crippen molar-refractivity contribution in [3.8, 4) is 0 Å². The number of sulfonamides is 1. The van der Waals surface area contributed by atoms with Crippen LogP contribution in [0.5, 0.6) is 0 Å². The molecule has 3 heterocycles. The molecule has 172 valence electrons. The van der Waals surface area contributed by atoms with Gasteiger partial charge in [0.1, 0.15) is 5.69 Å². The van der Waals surface area contributed by atoms with Crippen LogP contribution in [0.1, 0.15) is 35.4 Å². The van der Waals surface area contributed by atoms with E-state index in [4.69, 9.17) is 9.26 Å². The van der Waals surface area contributed by atoms with Crippen molar-refractivity contribution in [2.24, 2.45) is 5.92 Å². The molecule has 0 N–H and O–H groups in total. The molecule has 0 unspecified atom stereocenters. The average Bonchev–Trinajstić information content (AvgIpc) is 3.20. The fraction of sp³-hybridized carbons (Fsp3) is 0.478. The van der Waals surface area contributed by atoms with Crippen molar-refractivity contribution in [2.75, 3.05) is 39.4 Å². The fourth-order valence-corrected chi connectivity index (χ4v) is 5.88. The van der Waals surface area contributed by atoms with Crippen LogP contribution in [0.4, 0.5) is 0 Å². The van der Waals surface area contributed by atoms with Crippen LogP contribution in [0.2, 0.25) is 0 Å². The van der Waals surface area contributed by atoms with Crippen molar-refractivity contribution in [3.63, 3.8) is 0 Å². The fourth-order valence-electron chi connectivity index (χ4n) is 4.16. The standard InChI is InChI=1S/C23H29N3O5S/c1-17-3-5-19(6-4-17)7-8-21-22(18(2)24-31-21)32(28,29)26-11-9-20(10-12-26)23(27)25-13-15-30-16-14-25/h3-8,20H,9-16H2,1-2H3. The Morgan fingerprint density at radius 1 is 1.03 bits per heavy atom. The number of ether oxygens (including phenoxy) is 1. The van der Waals surface area contributed by atoms with Crippen LogP contribution in [0, 0.1) is 19.8 Å². The number of piperidine rings is 1. The molecule has 2 aromatic rings. The van der Waals surface area contributed by atoms with E-state index in [1.54, 1.807) is 13.0 Å².